The smallest absolute Gasteiger partial charge is 0.180 e. The average Bonchev–Trinajstić information content (AvgIpc) is 2.39. The molecule has 1 aromatic rings. The van der Waals surface area contributed by atoms with Gasteiger partial charge in [0.05, 0.1) is 6.20 Å². The fraction of sp³-hybridized carbons (Fsp3) is 0.625. The van der Waals surface area contributed by atoms with Crippen LogP contribution < -0.4 is 0 Å². The molecule has 3 nitrogen and oxygen atoms in total. The van der Waals surface area contributed by atoms with Gasteiger partial charge in [0.2, 0.25) is 0 Å². The Balaban J connectivity index is 2.56. The average molecular weight is 155 g/mol. The Morgan fingerprint density at radius 3 is 2.82 bits per heavy atom. The van der Waals surface area contributed by atoms with Gasteiger partial charge >= 0.3 is 0 Å². The largest absolute Gasteiger partial charge is 0.449 e. The van der Waals surface area contributed by atoms with E-state index in [1.54, 1.807) is 6.20 Å². The maximum atomic E-state index is 8.93. The first kappa shape index (κ1) is 8.27. The molecule has 1 N–H and O–H groups in total. The monoisotopic (exact) mass is 155 g/mol. The molecule has 0 aliphatic heterocycles. The normalized spacial score (nSPS) is 11.9. The summed E-state index contributed by atoms with van der Waals surface area (Å²) in [6.45, 7) is 4.12. The number of aromatic nitrogens is 1. The second-order valence-electron chi connectivity index (χ2n) is 3.47. The third-order valence-electron chi connectivity index (χ3n) is 1.56. The highest BCUT2D eigenvalue weighted by Crippen LogP contribution is 2.19. The third-order valence-corrected chi connectivity index (χ3v) is 1.56. The molecule has 0 aliphatic carbocycles. The number of nitrogens with zero attached hydrogens (tertiary/aromatic N) is 1. The van der Waals surface area contributed by atoms with E-state index in [2.05, 4.69) is 4.98 Å². The van der Waals surface area contributed by atoms with E-state index in [0.29, 0.717) is 0 Å². The van der Waals surface area contributed by atoms with E-state index in [1.807, 2.05) is 13.8 Å². The molecule has 0 spiro atoms. The number of hydrogen-bond donors (Lipinski definition) is 1. The highest BCUT2D eigenvalue weighted by Gasteiger charge is 2.18. The lowest BCUT2D eigenvalue weighted by molar-refractivity contribution is 0.153. The van der Waals surface area contributed by atoms with Crippen molar-refractivity contribution in [3.63, 3.8) is 0 Å². The zero-order valence-electron chi connectivity index (χ0n) is 6.87. The summed E-state index contributed by atoms with van der Waals surface area (Å²) in [6.07, 6.45) is 3.81. The molecule has 0 aromatic carbocycles. The quantitative estimate of drug-likeness (QED) is 0.714. The van der Waals surface area contributed by atoms with Gasteiger partial charge in [-0.05, 0) is 5.41 Å². The number of oxazole rings is 1. The van der Waals surface area contributed by atoms with Crippen molar-refractivity contribution >= 4 is 0 Å². The number of hydrogen-bond acceptors (Lipinski definition) is 3. The Labute approximate surface area is 66.1 Å². The van der Waals surface area contributed by atoms with Gasteiger partial charge in [-0.3, -0.25) is 0 Å². The van der Waals surface area contributed by atoms with Crippen molar-refractivity contribution in [3.05, 3.63) is 18.4 Å². The van der Waals surface area contributed by atoms with Crippen LogP contribution in [0.2, 0.25) is 0 Å². The number of aliphatic hydroxyl groups is 1. The molecule has 1 rings (SSSR count). The zero-order chi connectivity index (χ0) is 8.32. The Morgan fingerprint density at radius 2 is 2.36 bits per heavy atom. The summed E-state index contributed by atoms with van der Waals surface area (Å²) in [7, 11) is 0. The summed E-state index contributed by atoms with van der Waals surface area (Å²) in [5, 5.41) is 8.93. The van der Waals surface area contributed by atoms with Crippen LogP contribution in [-0.4, -0.2) is 16.7 Å². The molecule has 1 aromatic heterocycles. The van der Waals surface area contributed by atoms with Crippen LogP contribution in [0.25, 0.3) is 0 Å². The Bertz CT molecular complexity index is 204. The standard InChI is InChI=1S/C8H13NO2/c1-8(2,5-10)3-7-4-9-6-11-7/h4,6,10H,3,5H2,1-2H3. The summed E-state index contributed by atoms with van der Waals surface area (Å²) < 4.78 is 5.05. The molecular formula is C8H13NO2. The summed E-state index contributed by atoms with van der Waals surface area (Å²) in [4.78, 5) is 3.79. The van der Waals surface area contributed by atoms with Crippen LogP contribution in [0.5, 0.6) is 0 Å². The molecule has 0 saturated carbocycles. The topological polar surface area (TPSA) is 46.3 Å². The van der Waals surface area contributed by atoms with Crippen molar-refractivity contribution in [2.75, 3.05) is 6.61 Å². The first-order valence-corrected chi connectivity index (χ1v) is 3.62. The predicted molar refractivity (Wildman–Crippen MR) is 41.1 cm³/mol. The molecule has 0 aliphatic rings. The van der Waals surface area contributed by atoms with Crippen LogP contribution in [0, 0.1) is 5.41 Å². The van der Waals surface area contributed by atoms with Crippen molar-refractivity contribution < 1.29 is 9.52 Å². The van der Waals surface area contributed by atoms with E-state index in [9.17, 15) is 0 Å². The first-order chi connectivity index (χ1) is 5.14. The summed E-state index contributed by atoms with van der Waals surface area (Å²) in [5.74, 6) is 0.823. The van der Waals surface area contributed by atoms with E-state index in [-0.39, 0.29) is 12.0 Å². The third kappa shape index (κ3) is 2.35. The Hall–Kier alpha value is -0.830. The van der Waals surface area contributed by atoms with Crippen LogP contribution in [0.3, 0.4) is 0 Å². The van der Waals surface area contributed by atoms with Crippen molar-refractivity contribution in [1.29, 1.82) is 0 Å². The van der Waals surface area contributed by atoms with E-state index in [1.165, 1.54) is 6.39 Å². The lowest BCUT2D eigenvalue weighted by atomic mass is 9.90. The molecule has 0 unspecified atom stereocenters. The minimum absolute atomic E-state index is 0.112. The summed E-state index contributed by atoms with van der Waals surface area (Å²) >= 11 is 0. The van der Waals surface area contributed by atoms with Gasteiger partial charge in [0.1, 0.15) is 5.76 Å². The van der Waals surface area contributed by atoms with Crippen molar-refractivity contribution in [1.82, 2.24) is 4.98 Å². The highest BCUT2D eigenvalue weighted by atomic mass is 16.3. The second kappa shape index (κ2) is 3.05. The summed E-state index contributed by atoms with van der Waals surface area (Å²) in [5.41, 5.74) is -0.112. The van der Waals surface area contributed by atoms with Gasteiger partial charge in [0, 0.05) is 13.0 Å². The van der Waals surface area contributed by atoms with Gasteiger partial charge in [-0.2, -0.15) is 0 Å². The fourth-order valence-corrected chi connectivity index (χ4v) is 0.857. The van der Waals surface area contributed by atoms with Gasteiger partial charge in [-0.25, -0.2) is 4.98 Å². The Morgan fingerprint density at radius 1 is 1.64 bits per heavy atom. The van der Waals surface area contributed by atoms with Gasteiger partial charge < -0.3 is 9.52 Å². The van der Waals surface area contributed by atoms with Crippen LogP contribution in [0.15, 0.2) is 17.0 Å². The molecule has 0 amide bonds. The fourth-order valence-electron chi connectivity index (χ4n) is 0.857. The van der Waals surface area contributed by atoms with E-state index < -0.39 is 0 Å². The van der Waals surface area contributed by atoms with Crippen molar-refractivity contribution in [3.8, 4) is 0 Å². The molecule has 0 fully saturated rings. The molecule has 0 saturated heterocycles. The SMILES string of the molecule is CC(C)(CO)Cc1cnco1. The molecule has 3 heteroatoms. The lowest BCUT2D eigenvalue weighted by Crippen LogP contribution is -2.19. The number of aliphatic hydroxyl groups excluding tert-OH is 1. The molecule has 0 atom stereocenters. The lowest BCUT2D eigenvalue weighted by Gasteiger charge is -2.18. The molecule has 1 heterocycles. The second-order valence-corrected chi connectivity index (χ2v) is 3.47. The molecular weight excluding hydrogens is 142 g/mol. The highest BCUT2D eigenvalue weighted by molar-refractivity contribution is 4.93. The van der Waals surface area contributed by atoms with E-state index in [0.717, 1.165) is 12.2 Å². The van der Waals surface area contributed by atoms with Crippen molar-refractivity contribution in [2.24, 2.45) is 5.41 Å². The zero-order valence-corrected chi connectivity index (χ0v) is 6.87. The minimum Gasteiger partial charge on any atom is -0.449 e. The van der Waals surface area contributed by atoms with Gasteiger partial charge in [-0.1, -0.05) is 13.8 Å². The molecule has 0 radical (unpaired) electrons. The van der Waals surface area contributed by atoms with Gasteiger partial charge in [-0.15, -0.1) is 0 Å². The van der Waals surface area contributed by atoms with E-state index in [4.69, 9.17) is 9.52 Å². The Kier molecular flexibility index (Phi) is 2.29. The molecule has 62 valence electrons. The molecule has 11 heavy (non-hydrogen) atoms. The molecule has 0 bridgehead atoms. The van der Waals surface area contributed by atoms with E-state index >= 15 is 0 Å². The van der Waals surface area contributed by atoms with Gasteiger partial charge in [0.25, 0.3) is 0 Å². The van der Waals surface area contributed by atoms with Crippen LogP contribution in [0.4, 0.5) is 0 Å². The van der Waals surface area contributed by atoms with Gasteiger partial charge in [0.15, 0.2) is 6.39 Å². The maximum absolute atomic E-state index is 8.93. The minimum atomic E-state index is -0.112. The first-order valence-electron chi connectivity index (χ1n) is 3.62. The predicted octanol–water partition coefficient (Wildman–Crippen LogP) is 1.24. The van der Waals surface area contributed by atoms with Crippen LogP contribution in [0.1, 0.15) is 19.6 Å². The van der Waals surface area contributed by atoms with Crippen LogP contribution in [-0.2, 0) is 6.42 Å². The van der Waals surface area contributed by atoms with Crippen LogP contribution >= 0.6 is 0 Å². The maximum Gasteiger partial charge on any atom is 0.180 e. The summed E-state index contributed by atoms with van der Waals surface area (Å²) in [6, 6.07) is 0. The number of rotatable bonds is 3. The van der Waals surface area contributed by atoms with Crippen molar-refractivity contribution in [2.45, 2.75) is 20.3 Å².